The molecule has 6 heteroatoms. The number of carboxylic acids is 1. The number of carbonyl (C=O) groups is 1. The van der Waals surface area contributed by atoms with Gasteiger partial charge in [-0.05, 0) is 23.8 Å². The van der Waals surface area contributed by atoms with Crippen LogP contribution in [0.5, 0.6) is 5.75 Å². The van der Waals surface area contributed by atoms with Crippen molar-refractivity contribution in [2.24, 2.45) is 5.92 Å². The van der Waals surface area contributed by atoms with E-state index in [0.29, 0.717) is 25.2 Å². The Bertz CT molecular complexity index is 764. The SMILES string of the molecule is COc1cccc(CN2C[C@H](C(=O)O)[C@@H](c3ccc(F)cc3)C2)c1F. The molecular formula is C19H19F2NO3. The Morgan fingerprint density at radius 1 is 1.20 bits per heavy atom. The van der Waals surface area contributed by atoms with E-state index in [-0.39, 0.29) is 17.5 Å². The minimum atomic E-state index is -0.900. The Balaban J connectivity index is 1.81. The zero-order chi connectivity index (χ0) is 18.0. The van der Waals surface area contributed by atoms with Gasteiger partial charge in [0.2, 0.25) is 0 Å². The summed E-state index contributed by atoms with van der Waals surface area (Å²) in [6.07, 6.45) is 0. The van der Waals surface area contributed by atoms with Crippen molar-refractivity contribution >= 4 is 5.97 Å². The molecule has 0 amide bonds. The van der Waals surface area contributed by atoms with Gasteiger partial charge in [0.05, 0.1) is 13.0 Å². The molecule has 2 aromatic carbocycles. The van der Waals surface area contributed by atoms with E-state index in [2.05, 4.69) is 0 Å². The quantitative estimate of drug-likeness (QED) is 0.902. The van der Waals surface area contributed by atoms with Gasteiger partial charge in [0, 0.05) is 31.1 Å². The lowest BCUT2D eigenvalue weighted by molar-refractivity contribution is -0.141. The lowest BCUT2D eigenvalue weighted by atomic mass is 9.89. The number of methoxy groups -OCH3 is 1. The number of halogens is 2. The molecule has 25 heavy (non-hydrogen) atoms. The van der Waals surface area contributed by atoms with Gasteiger partial charge in [-0.2, -0.15) is 0 Å². The first-order valence-corrected chi connectivity index (χ1v) is 8.01. The number of hydrogen-bond donors (Lipinski definition) is 1. The van der Waals surface area contributed by atoms with Gasteiger partial charge >= 0.3 is 5.97 Å². The summed E-state index contributed by atoms with van der Waals surface area (Å²) in [5.41, 5.74) is 1.24. The molecule has 3 rings (SSSR count). The topological polar surface area (TPSA) is 49.8 Å². The molecule has 132 valence electrons. The van der Waals surface area contributed by atoms with E-state index in [0.717, 1.165) is 5.56 Å². The Labute approximate surface area is 144 Å². The second-order valence-electron chi connectivity index (χ2n) is 6.23. The summed E-state index contributed by atoms with van der Waals surface area (Å²) in [6, 6.07) is 10.8. The third kappa shape index (κ3) is 3.64. The van der Waals surface area contributed by atoms with Gasteiger partial charge in [0.25, 0.3) is 0 Å². The lowest BCUT2D eigenvalue weighted by Gasteiger charge is -2.17. The minimum absolute atomic E-state index is 0.168. The van der Waals surface area contributed by atoms with Crippen molar-refractivity contribution in [1.82, 2.24) is 4.90 Å². The van der Waals surface area contributed by atoms with Crippen LogP contribution in [0.1, 0.15) is 17.0 Å². The second kappa shape index (κ2) is 7.19. The number of ether oxygens (including phenoxy) is 1. The van der Waals surface area contributed by atoms with Crippen LogP contribution in [-0.4, -0.2) is 36.2 Å². The van der Waals surface area contributed by atoms with Crippen molar-refractivity contribution in [3.63, 3.8) is 0 Å². The van der Waals surface area contributed by atoms with E-state index in [1.54, 1.807) is 30.3 Å². The molecule has 1 saturated heterocycles. The number of hydrogen-bond acceptors (Lipinski definition) is 3. The van der Waals surface area contributed by atoms with Crippen molar-refractivity contribution in [3.05, 3.63) is 65.2 Å². The first kappa shape index (κ1) is 17.4. The summed E-state index contributed by atoms with van der Waals surface area (Å²) in [5.74, 6) is -2.39. The van der Waals surface area contributed by atoms with E-state index in [1.165, 1.54) is 19.2 Å². The van der Waals surface area contributed by atoms with Crippen LogP contribution in [0, 0.1) is 17.6 Å². The molecule has 0 unspecified atom stereocenters. The van der Waals surface area contributed by atoms with Crippen LogP contribution in [0.3, 0.4) is 0 Å². The first-order valence-electron chi connectivity index (χ1n) is 8.01. The molecule has 4 nitrogen and oxygen atoms in total. The highest BCUT2D eigenvalue weighted by Crippen LogP contribution is 2.34. The zero-order valence-electron chi connectivity index (χ0n) is 13.8. The number of aliphatic carboxylic acids is 1. The van der Waals surface area contributed by atoms with Crippen LogP contribution < -0.4 is 4.74 Å². The monoisotopic (exact) mass is 347 g/mol. The molecule has 0 aromatic heterocycles. The third-order valence-corrected chi connectivity index (χ3v) is 4.67. The number of likely N-dealkylation sites (tertiary alicyclic amines) is 1. The minimum Gasteiger partial charge on any atom is -0.494 e. The Kier molecular flexibility index (Phi) is 4.99. The van der Waals surface area contributed by atoms with E-state index in [4.69, 9.17) is 4.74 Å². The van der Waals surface area contributed by atoms with Crippen molar-refractivity contribution < 1.29 is 23.4 Å². The molecule has 0 bridgehead atoms. The van der Waals surface area contributed by atoms with Gasteiger partial charge < -0.3 is 9.84 Å². The summed E-state index contributed by atoms with van der Waals surface area (Å²) in [4.78, 5) is 13.5. The van der Waals surface area contributed by atoms with Gasteiger partial charge in [-0.1, -0.05) is 24.3 Å². The average molecular weight is 347 g/mol. The van der Waals surface area contributed by atoms with E-state index in [1.807, 2.05) is 4.90 Å². The van der Waals surface area contributed by atoms with Gasteiger partial charge in [0.1, 0.15) is 5.82 Å². The maximum Gasteiger partial charge on any atom is 0.308 e. The van der Waals surface area contributed by atoms with Gasteiger partial charge in [-0.3, -0.25) is 9.69 Å². The largest absolute Gasteiger partial charge is 0.494 e. The summed E-state index contributed by atoms with van der Waals surface area (Å²) < 4.78 is 32.5. The Hall–Kier alpha value is -2.47. The highest BCUT2D eigenvalue weighted by atomic mass is 19.1. The average Bonchev–Trinajstić information content (AvgIpc) is 3.01. The van der Waals surface area contributed by atoms with Crippen LogP contribution in [0.4, 0.5) is 8.78 Å². The number of rotatable bonds is 5. The molecule has 0 saturated carbocycles. The number of nitrogens with zero attached hydrogens (tertiary/aromatic N) is 1. The van der Waals surface area contributed by atoms with Gasteiger partial charge in [-0.25, -0.2) is 8.78 Å². The molecular weight excluding hydrogens is 328 g/mol. The standard InChI is InChI=1S/C19H19F2NO3/c1-25-17-4-2-3-13(18(17)21)9-22-10-15(16(11-22)19(23)24)12-5-7-14(20)8-6-12/h2-8,15-16H,9-11H2,1H3,(H,23,24)/t15-,16+/m1/s1. The molecule has 1 N–H and O–H groups in total. The molecule has 2 atom stereocenters. The highest BCUT2D eigenvalue weighted by molar-refractivity contribution is 5.72. The molecule has 0 aliphatic carbocycles. The fourth-order valence-electron chi connectivity index (χ4n) is 3.39. The summed E-state index contributed by atoms with van der Waals surface area (Å²) in [6.45, 7) is 1.08. The number of carboxylic acid groups (broad SMARTS) is 1. The van der Waals surface area contributed by atoms with Crippen molar-refractivity contribution in [3.8, 4) is 5.75 Å². The fraction of sp³-hybridized carbons (Fsp3) is 0.316. The van der Waals surface area contributed by atoms with Crippen molar-refractivity contribution in [2.75, 3.05) is 20.2 Å². The van der Waals surface area contributed by atoms with Crippen LogP contribution >= 0.6 is 0 Å². The normalized spacial score (nSPS) is 20.6. The van der Waals surface area contributed by atoms with Gasteiger partial charge in [0.15, 0.2) is 11.6 Å². The van der Waals surface area contributed by atoms with E-state index < -0.39 is 17.7 Å². The molecule has 1 heterocycles. The van der Waals surface area contributed by atoms with Crippen LogP contribution in [0.2, 0.25) is 0 Å². The Morgan fingerprint density at radius 3 is 2.56 bits per heavy atom. The summed E-state index contributed by atoms with van der Waals surface area (Å²) in [5, 5.41) is 9.53. The van der Waals surface area contributed by atoms with Crippen molar-refractivity contribution in [2.45, 2.75) is 12.5 Å². The van der Waals surface area contributed by atoms with E-state index in [9.17, 15) is 18.7 Å². The predicted octanol–water partition coefficient (Wildman–Crippen LogP) is 3.27. The maximum atomic E-state index is 14.3. The molecule has 1 aliphatic rings. The van der Waals surface area contributed by atoms with E-state index >= 15 is 0 Å². The molecule has 1 fully saturated rings. The fourth-order valence-corrected chi connectivity index (χ4v) is 3.39. The molecule has 0 radical (unpaired) electrons. The smallest absolute Gasteiger partial charge is 0.308 e. The molecule has 2 aromatic rings. The first-order chi connectivity index (χ1) is 12.0. The summed E-state index contributed by atoms with van der Waals surface area (Å²) in [7, 11) is 1.41. The van der Waals surface area contributed by atoms with Crippen LogP contribution in [-0.2, 0) is 11.3 Å². The second-order valence-corrected chi connectivity index (χ2v) is 6.23. The lowest BCUT2D eigenvalue weighted by Crippen LogP contribution is -2.23. The third-order valence-electron chi connectivity index (χ3n) is 4.67. The zero-order valence-corrected chi connectivity index (χ0v) is 13.8. The molecule has 0 spiro atoms. The van der Waals surface area contributed by atoms with Crippen LogP contribution in [0.25, 0.3) is 0 Å². The van der Waals surface area contributed by atoms with Crippen LogP contribution in [0.15, 0.2) is 42.5 Å². The maximum absolute atomic E-state index is 14.3. The molecule has 1 aliphatic heterocycles. The summed E-state index contributed by atoms with van der Waals surface area (Å²) >= 11 is 0. The van der Waals surface area contributed by atoms with Crippen molar-refractivity contribution in [1.29, 1.82) is 0 Å². The Morgan fingerprint density at radius 2 is 1.92 bits per heavy atom. The predicted molar refractivity (Wildman–Crippen MR) is 88.5 cm³/mol. The van der Waals surface area contributed by atoms with Gasteiger partial charge in [-0.15, -0.1) is 0 Å². The highest BCUT2D eigenvalue weighted by Gasteiger charge is 2.38. The number of benzene rings is 2.